The zero-order valence-corrected chi connectivity index (χ0v) is 13.0. The maximum atomic E-state index is 12.3. The molecule has 1 aromatic rings. The van der Waals surface area contributed by atoms with Crippen molar-refractivity contribution < 1.29 is 18.3 Å². The number of sulfonamides is 1. The minimum absolute atomic E-state index is 0.130. The fraction of sp³-hybridized carbons (Fsp3) is 0.500. The van der Waals surface area contributed by atoms with Crippen molar-refractivity contribution >= 4 is 16.0 Å². The number of carboxylic acid groups (broad SMARTS) is 1. The molecule has 0 saturated carbocycles. The monoisotopic (exact) mass is 299 g/mol. The highest BCUT2D eigenvalue weighted by Gasteiger charge is 2.33. The van der Waals surface area contributed by atoms with Crippen LogP contribution in [0.5, 0.6) is 0 Å². The van der Waals surface area contributed by atoms with Gasteiger partial charge in [0.15, 0.2) is 0 Å². The molecule has 0 spiro atoms. The molecule has 1 unspecified atom stereocenters. The van der Waals surface area contributed by atoms with Gasteiger partial charge in [0.05, 0.1) is 10.3 Å². The van der Waals surface area contributed by atoms with Crippen LogP contribution in [-0.4, -0.2) is 26.0 Å². The molecule has 1 rings (SSSR count). The zero-order valence-electron chi connectivity index (χ0n) is 12.2. The van der Waals surface area contributed by atoms with Gasteiger partial charge < -0.3 is 5.11 Å². The molecule has 5 nitrogen and oxygen atoms in total. The first-order valence-electron chi connectivity index (χ1n) is 6.43. The van der Waals surface area contributed by atoms with Crippen molar-refractivity contribution in [2.75, 3.05) is 6.54 Å². The van der Waals surface area contributed by atoms with Gasteiger partial charge in [0.1, 0.15) is 0 Å². The van der Waals surface area contributed by atoms with Crippen LogP contribution in [0.3, 0.4) is 0 Å². The van der Waals surface area contributed by atoms with Gasteiger partial charge >= 0.3 is 5.97 Å². The van der Waals surface area contributed by atoms with E-state index in [0.29, 0.717) is 12.0 Å². The summed E-state index contributed by atoms with van der Waals surface area (Å²) in [5, 5.41) is 9.16. The average Bonchev–Trinajstić information content (AvgIpc) is 2.38. The van der Waals surface area contributed by atoms with E-state index < -0.39 is 21.4 Å². The number of rotatable bonds is 6. The van der Waals surface area contributed by atoms with Crippen LogP contribution in [-0.2, 0) is 14.8 Å². The van der Waals surface area contributed by atoms with E-state index in [4.69, 9.17) is 5.11 Å². The molecule has 0 fully saturated rings. The highest BCUT2D eigenvalue weighted by Crippen LogP contribution is 2.22. The third kappa shape index (κ3) is 3.58. The normalized spacial score (nSPS) is 14.8. The van der Waals surface area contributed by atoms with Crippen LogP contribution in [0, 0.1) is 19.3 Å². The van der Waals surface area contributed by atoms with Crippen molar-refractivity contribution in [1.29, 1.82) is 0 Å². The summed E-state index contributed by atoms with van der Waals surface area (Å²) in [5.41, 5.74) is 0.370. The van der Waals surface area contributed by atoms with Gasteiger partial charge in [-0.2, -0.15) is 0 Å². The SMILES string of the molecule is CCC(C)(CNS(=O)(=O)c1cc(C)ccc1C)C(=O)O. The molecule has 20 heavy (non-hydrogen) atoms. The molecular formula is C14H21NO4S. The van der Waals surface area contributed by atoms with Crippen LogP contribution >= 0.6 is 0 Å². The van der Waals surface area contributed by atoms with Gasteiger partial charge in [0, 0.05) is 6.54 Å². The van der Waals surface area contributed by atoms with Gasteiger partial charge in [-0.05, 0) is 44.4 Å². The van der Waals surface area contributed by atoms with Crippen LogP contribution in [0.2, 0.25) is 0 Å². The first-order valence-corrected chi connectivity index (χ1v) is 7.91. The fourth-order valence-electron chi connectivity index (χ4n) is 1.68. The van der Waals surface area contributed by atoms with Gasteiger partial charge in [-0.15, -0.1) is 0 Å². The first kappa shape index (κ1) is 16.7. The van der Waals surface area contributed by atoms with Crippen LogP contribution in [0.25, 0.3) is 0 Å². The second-order valence-electron chi connectivity index (χ2n) is 5.31. The second kappa shape index (κ2) is 5.93. The van der Waals surface area contributed by atoms with E-state index in [-0.39, 0.29) is 11.4 Å². The van der Waals surface area contributed by atoms with E-state index in [1.165, 1.54) is 6.92 Å². The van der Waals surface area contributed by atoms with Crippen molar-refractivity contribution in [3.8, 4) is 0 Å². The Kier molecular flexibility index (Phi) is 4.94. The van der Waals surface area contributed by atoms with Crippen molar-refractivity contribution in [3.05, 3.63) is 29.3 Å². The molecule has 0 aliphatic heterocycles. The van der Waals surface area contributed by atoms with Crippen molar-refractivity contribution in [2.24, 2.45) is 5.41 Å². The molecule has 112 valence electrons. The highest BCUT2D eigenvalue weighted by molar-refractivity contribution is 7.89. The summed E-state index contributed by atoms with van der Waals surface area (Å²) in [6.45, 7) is 6.64. The minimum atomic E-state index is -3.70. The molecular weight excluding hydrogens is 278 g/mol. The lowest BCUT2D eigenvalue weighted by atomic mass is 9.88. The van der Waals surface area contributed by atoms with Crippen molar-refractivity contribution in [1.82, 2.24) is 4.72 Å². The topological polar surface area (TPSA) is 83.5 Å². The Morgan fingerprint density at radius 3 is 2.45 bits per heavy atom. The van der Waals surface area contributed by atoms with E-state index in [0.717, 1.165) is 5.56 Å². The molecule has 0 aliphatic rings. The van der Waals surface area contributed by atoms with Gasteiger partial charge in [0.2, 0.25) is 10.0 Å². The van der Waals surface area contributed by atoms with Gasteiger partial charge in [-0.25, -0.2) is 13.1 Å². The Bertz CT molecular complexity index is 610. The highest BCUT2D eigenvalue weighted by atomic mass is 32.2. The quantitative estimate of drug-likeness (QED) is 0.842. The molecule has 1 atom stereocenters. The Morgan fingerprint density at radius 1 is 1.35 bits per heavy atom. The van der Waals surface area contributed by atoms with Crippen molar-refractivity contribution in [2.45, 2.75) is 39.0 Å². The van der Waals surface area contributed by atoms with E-state index >= 15 is 0 Å². The smallest absolute Gasteiger partial charge is 0.310 e. The Morgan fingerprint density at radius 2 is 1.95 bits per heavy atom. The molecule has 0 heterocycles. The predicted molar refractivity (Wildman–Crippen MR) is 77.1 cm³/mol. The van der Waals surface area contributed by atoms with Crippen LogP contribution in [0.15, 0.2) is 23.1 Å². The largest absolute Gasteiger partial charge is 0.481 e. The van der Waals surface area contributed by atoms with E-state index in [2.05, 4.69) is 4.72 Å². The van der Waals surface area contributed by atoms with E-state index in [1.807, 2.05) is 13.0 Å². The standard InChI is InChI=1S/C14H21NO4S/c1-5-14(4,13(16)17)9-15-20(18,19)12-8-10(2)6-7-11(12)3/h6-8,15H,5,9H2,1-4H3,(H,16,17). The van der Waals surface area contributed by atoms with E-state index in [1.54, 1.807) is 26.0 Å². The first-order chi connectivity index (χ1) is 9.12. The third-order valence-electron chi connectivity index (χ3n) is 3.58. The lowest BCUT2D eigenvalue weighted by molar-refractivity contribution is -0.147. The summed E-state index contributed by atoms with van der Waals surface area (Å²) in [4.78, 5) is 11.4. The Labute approximate surface area is 120 Å². The molecule has 1 aromatic carbocycles. The summed E-state index contributed by atoms with van der Waals surface area (Å²) in [6.07, 6.45) is 0.345. The van der Waals surface area contributed by atoms with Gasteiger partial charge in [-0.1, -0.05) is 19.1 Å². The number of benzene rings is 1. The van der Waals surface area contributed by atoms with Crippen molar-refractivity contribution in [3.63, 3.8) is 0 Å². The van der Waals surface area contributed by atoms with E-state index in [9.17, 15) is 13.2 Å². The number of carbonyl (C=O) groups is 1. The molecule has 6 heteroatoms. The Hall–Kier alpha value is -1.40. The maximum absolute atomic E-state index is 12.3. The molecule has 0 amide bonds. The summed E-state index contributed by atoms with van der Waals surface area (Å²) in [5.74, 6) is -1.01. The molecule has 0 saturated heterocycles. The lowest BCUT2D eigenvalue weighted by Gasteiger charge is -2.23. The minimum Gasteiger partial charge on any atom is -0.481 e. The number of hydrogen-bond donors (Lipinski definition) is 2. The number of hydrogen-bond acceptors (Lipinski definition) is 3. The Balaban J connectivity index is 3.02. The fourth-order valence-corrected chi connectivity index (χ4v) is 3.18. The third-order valence-corrected chi connectivity index (χ3v) is 5.13. The summed E-state index contributed by atoms with van der Waals surface area (Å²) in [6, 6.07) is 5.16. The van der Waals surface area contributed by atoms with Gasteiger partial charge in [0.25, 0.3) is 0 Å². The zero-order chi connectivity index (χ0) is 15.6. The summed E-state index contributed by atoms with van der Waals surface area (Å²) < 4.78 is 27.0. The van der Waals surface area contributed by atoms with Gasteiger partial charge in [-0.3, -0.25) is 4.79 Å². The summed E-state index contributed by atoms with van der Waals surface area (Å²) in [7, 11) is -3.70. The predicted octanol–water partition coefficient (Wildman–Crippen LogP) is 2.08. The van der Waals surface area contributed by atoms with Crippen LogP contribution in [0.4, 0.5) is 0 Å². The number of aryl methyl sites for hydroxylation is 2. The number of nitrogens with one attached hydrogen (secondary N) is 1. The van der Waals surface area contributed by atoms with Crippen LogP contribution < -0.4 is 4.72 Å². The van der Waals surface area contributed by atoms with Crippen LogP contribution in [0.1, 0.15) is 31.4 Å². The molecule has 0 bridgehead atoms. The molecule has 0 aliphatic carbocycles. The maximum Gasteiger partial charge on any atom is 0.310 e. The molecule has 0 radical (unpaired) electrons. The lowest BCUT2D eigenvalue weighted by Crippen LogP contribution is -2.40. The second-order valence-corrected chi connectivity index (χ2v) is 7.05. The molecule has 2 N–H and O–H groups in total. The number of carboxylic acids is 1. The number of aliphatic carboxylic acids is 1. The molecule has 0 aromatic heterocycles. The average molecular weight is 299 g/mol. The summed E-state index contributed by atoms with van der Waals surface area (Å²) >= 11 is 0.